The van der Waals surface area contributed by atoms with E-state index in [1.807, 2.05) is 54.8 Å². The van der Waals surface area contributed by atoms with Gasteiger partial charge in [0.05, 0.1) is 10.6 Å². The van der Waals surface area contributed by atoms with Crippen LogP contribution in [0, 0.1) is 6.92 Å². The van der Waals surface area contributed by atoms with Crippen LogP contribution in [0.3, 0.4) is 0 Å². The van der Waals surface area contributed by atoms with Crippen LogP contribution < -0.4 is 5.32 Å². The number of carbonyl (C=O) groups excluding carboxylic acids is 1. The zero-order valence-electron chi connectivity index (χ0n) is 10.8. The molecule has 1 aromatic carbocycles. The quantitative estimate of drug-likeness (QED) is 0.777. The molecule has 0 bridgehead atoms. The fraction of sp³-hybridized carbons (Fsp3) is 0.0667. The molecule has 0 aliphatic heterocycles. The van der Waals surface area contributed by atoms with Crippen LogP contribution in [0.25, 0.3) is 9.88 Å². The van der Waals surface area contributed by atoms with Gasteiger partial charge in [0, 0.05) is 5.69 Å². The van der Waals surface area contributed by atoms with Crippen LogP contribution >= 0.6 is 22.7 Å². The second-order valence-electron chi connectivity index (χ2n) is 4.23. The minimum atomic E-state index is -0.103. The van der Waals surface area contributed by atoms with E-state index in [0.717, 1.165) is 21.3 Å². The number of nitrogens with zero attached hydrogens (tertiary/aromatic N) is 1. The summed E-state index contributed by atoms with van der Waals surface area (Å²) in [6.45, 7) is 1.87. The second kappa shape index (κ2) is 5.56. The van der Waals surface area contributed by atoms with Crippen LogP contribution in [0.4, 0.5) is 5.69 Å². The molecule has 3 aromatic rings. The third-order valence-electron chi connectivity index (χ3n) is 2.77. The highest BCUT2D eigenvalue weighted by molar-refractivity contribution is 7.22. The number of hydrogen-bond donors (Lipinski definition) is 1. The molecule has 0 saturated carbocycles. The molecule has 0 atom stereocenters. The Morgan fingerprint density at radius 3 is 2.65 bits per heavy atom. The van der Waals surface area contributed by atoms with E-state index in [2.05, 4.69) is 10.3 Å². The second-order valence-corrected chi connectivity index (χ2v) is 6.18. The Kier molecular flexibility index (Phi) is 3.62. The fourth-order valence-corrected chi connectivity index (χ4v) is 3.58. The molecule has 1 N–H and O–H groups in total. The molecular weight excluding hydrogens is 288 g/mol. The molecule has 3 nitrogen and oxygen atoms in total. The van der Waals surface area contributed by atoms with Crippen LogP contribution in [0.1, 0.15) is 15.4 Å². The van der Waals surface area contributed by atoms with Crippen molar-refractivity contribution >= 4 is 34.3 Å². The highest BCUT2D eigenvalue weighted by Gasteiger charge is 2.16. The van der Waals surface area contributed by atoms with Gasteiger partial charge in [0.2, 0.25) is 0 Å². The van der Waals surface area contributed by atoms with Crippen LogP contribution in [0.15, 0.2) is 47.8 Å². The minimum absolute atomic E-state index is 0.103. The first-order valence-electron chi connectivity index (χ1n) is 6.12. The van der Waals surface area contributed by atoms with E-state index in [-0.39, 0.29) is 5.91 Å². The summed E-state index contributed by atoms with van der Waals surface area (Å²) in [6, 6.07) is 13.5. The Labute approximate surface area is 124 Å². The summed E-state index contributed by atoms with van der Waals surface area (Å²) < 4.78 is 0. The number of amides is 1. The van der Waals surface area contributed by atoms with Gasteiger partial charge in [-0.2, -0.15) is 0 Å². The van der Waals surface area contributed by atoms with E-state index in [1.165, 1.54) is 11.3 Å². The lowest BCUT2D eigenvalue weighted by molar-refractivity contribution is 0.103. The maximum absolute atomic E-state index is 12.3. The van der Waals surface area contributed by atoms with Crippen LogP contribution in [-0.2, 0) is 0 Å². The Morgan fingerprint density at radius 1 is 1.15 bits per heavy atom. The minimum Gasteiger partial charge on any atom is -0.321 e. The van der Waals surface area contributed by atoms with Crippen molar-refractivity contribution in [1.29, 1.82) is 0 Å². The summed E-state index contributed by atoms with van der Waals surface area (Å²) >= 11 is 3.06. The summed E-state index contributed by atoms with van der Waals surface area (Å²) in [7, 11) is 0. The standard InChI is InChI=1S/C15H12N2OS2/c1-10-13(14(18)17-11-6-3-2-4-7-11)20-15(16-10)12-8-5-9-19-12/h2-9H,1H3,(H,17,18). The lowest BCUT2D eigenvalue weighted by Gasteiger charge is -2.02. The maximum atomic E-state index is 12.3. The van der Waals surface area contributed by atoms with Crippen LogP contribution in [-0.4, -0.2) is 10.9 Å². The molecule has 5 heteroatoms. The first-order valence-corrected chi connectivity index (χ1v) is 7.81. The highest BCUT2D eigenvalue weighted by Crippen LogP contribution is 2.31. The molecule has 2 aromatic heterocycles. The summed E-state index contributed by atoms with van der Waals surface area (Å²) in [5, 5.41) is 5.80. The summed E-state index contributed by atoms with van der Waals surface area (Å²) in [5.41, 5.74) is 1.56. The molecule has 2 heterocycles. The Bertz CT molecular complexity index is 718. The summed E-state index contributed by atoms with van der Waals surface area (Å²) in [6.07, 6.45) is 0. The van der Waals surface area contributed by atoms with Crippen molar-refractivity contribution in [2.45, 2.75) is 6.92 Å². The number of carbonyl (C=O) groups is 1. The lowest BCUT2D eigenvalue weighted by atomic mass is 10.3. The largest absolute Gasteiger partial charge is 0.321 e. The van der Waals surface area contributed by atoms with Gasteiger partial charge in [-0.25, -0.2) is 4.98 Å². The van der Waals surface area contributed by atoms with E-state index < -0.39 is 0 Å². The normalized spacial score (nSPS) is 10.4. The summed E-state index contributed by atoms with van der Waals surface area (Å²) in [4.78, 5) is 18.5. The molecule has 1 amide bonds. The van der Waals surface area contributed by atoms with Gasteiger partial charge in [-0.3, -0.25) is 4.79 Å². The Balaban J connectivity index is 1.85. The van der Waals surface area contributed by atoms with E-state index in [1.54, 1.807) is 11.3 Å². The number of para-hydroxylation sites is 1. The van der Waals surface area contributed by atoms with Gasteiger partial charge in [0.15, 0.2) is 0 Å². The zero-order valence-corrected chi connectivity index (χ0v) is 12.4. The molecule has 0 unspecified atom stereocenters. The van der Waals surface area contributed by atoms with Crippen LogP contribution in [0.5, 0.6) is 0 Å². The van der Waals surface area contributed by atoms with Crippen LogP contribution in [0.2, 0.25) is 0 Å². The van der Waals surface area contributed by atoms with Crippen molar-refractivity contribution in [3.63, 3.8) is 0 Å². The molecule has 0 aliphatic rings. The average Bonchev–Trinajstić information content (AvgIpc) is 3.08. The molecular formula is C15H12N2OS2. The fourth-order valence-electron chi connectivity index (χ4n) is 1.82. The maximum Gasteiger partial charge on any atom is 0.267 e. The highest BCUT2D eigenvalue weighted by atomic mass is 32.1. The average molecular weight is 300 g/mol. The predicted molar refractivity (Wildman–Crippen MR) is 84.6 cm³/mol. The van der Waals surface area contributed by atoms with Crippen molar-refractivity contribution in [1.82, 2.24) is 4.98 Å². The van der Waals surface area contributed by atoms with Gasteiger partial charge in [-0.15, -0.1) is 22.7 Å². The van der Waals surface area contributed by atoms with Crippen molar-refractivity contribution in [3.8, 4) is 9.88 Å². The molecule has 100 valence electrons. The van der Waals surface area contributed by atoms with Gasteiger partial charge in [0.25, 0.3) is 5.91 Å². The smallest absolute Gasteiger partial charge is 0.267 e. The van der Waals surface area contributed by atoms with E-state index >= 15 is 0 Å². The van der Waals surface area contributed by atoms with Crippen molar-refractivity contribution in [2.75, 3.05) is 5.32 Å². The number of hydrogen-bond acceptors (Lipinski definition) is 4. The zero-order chi connectivity index (χ0) is 13.9. The molecule has 0 radical (unpaired) electrons. The number of aryl methyl sites for hydroxylation is 1. The lowest BCUT2D eigenvalue weighted by Crippen LogP contribution is -2.11. The molecule has 0 spiro atoms. The van der Waals surface area contributed by atoms with Crippen molar-refractivity contribution in [2.24, 2.45) is 0 Å². The number of thiazole rings is 1. The third kappa shape index (κ3) is 2.64. The van der Waals surface area contributed by atoms with E-state index in [0.29, 0.717) is 4.88 Å². The topological polar surface area (TPSA) is 42.0 Å². The van der Waals surface area contributed by atoms with E-state index in [9.17, 15) is 4.79 Å². The van der Waals surface area contributed by atoms with Gasteiger partial charge >= 0.3 is 0 Å². The number of aromatic nitrogens is 1. The first kappa shape index (κ1) is 13.0. The van der Waals surface area contributed by atoms with Gasteiger partial charge < -0.3 is 5.32 Å². The monoisotopic (exact) mass is 300 g/mol. The molecule has 0 fully saturated rings. The number of rotatable bonds is 3. The number of thiophene rings is 1. The number of anilines is 1. The number of nitrogens with one attached hydrogen (secondary N) is 1. The predicted octanol–water partition coefficient (Wildman–Crippen LogP) is 4.43. The van der Waals surface area contributed by atoms with E-state index in [4.69, 9.17) is 0 Å². The van der Waals surface area contributed by atoms with Crippen molar-refractivity contribution in [3.05, 3.63) is 58.4 Å². The first-order chi connectivity index (χ1) is 9.74. The van der Waals surface area contributed by atoms with Gasteiger partial charge in [-0.05, 0) is 30.5 Å². The summed E-state index contributed by atoms with van der Waals surface area (Å²) in [5.74, 6) is -0.103. The van der Waals surface area contributed by atoms with Gasteiger partial charge in [-0.1, -0.05) is 24.3 Å². The van der Waals surface area contributed by atoms with Gasteiger partial charge in [0.1, 0.15) is 9.88 Å². The third-order valence-corrected chi connectivity index (χ3v) is 4.96. The van der Waals surface area contributed by atoms with Crippen molar-refractivity contribution < 1.29 is 4.79 Å². The molecule has 0 saturated heterocycles. The number of benzene rings is 1. The SMILES string of the molecule is Cc1nc(-c2cccs2)sc1C(=O)Nc1ccccc1. The Hall–Kier alpha value is -1.98. The molecule has 0 aliphatic carbocycles. The Morgan fingerprint density at radius 2 is 1.95 bits per heavy atom. The molecule has 20 heavy (non-hydrogen) atoms. The molecule has 3 rings (SSSR count).